The fourth-order valence-corrected chi connectivity index (χ4v) is 7.73. The first kappa shape index (κ1) is 51.7. The van der Waals surface area contributed by atoms with Gasteiger partial charge in [0.15, 0.2) is 6.10 Å². The van der Waals surface area contributed by atoms with Gasteiger partial charge in [-0.1, -0.05) is 78.1 Å². The van der Waals surface area contributed by atoms with Crippen molar-refractivity contribution < 1.29 is 50.9 Å². The number of phosphoric ester groups is 1. The minimum absolute atomic E-state index is 0.0181. The third-order valence-electron chi connectivity index (χ3n) is 11.0. The maximum Gasteiger partial charge on any atom is 0.472 e. The van der Waals surface area contributed by atoms with Gasteiger partial charge < -0.3 is 27.7 Å². The molecule has 0 aliphatic carbocycles. The minimum Gasteiger partial charge on any atom is -0.466 e. The van der Waals surface area contributed by atoms with E-state index < -0.39 is 32.5 Å². The van der Waals surface area contributed by atoms with Gasteiger partial charge >= 0.3 is 19.8 Å². The van der Waals surface area contributed by atoms with Crippen LogP contribution in [0.25, 0.3) is 0 Å². The first-order valence-electron chi connectivity index (χ1n) is 22.5. The molecule has 0 aliphatic heterocycles. The maximum absolute atomic E-state index is 12.8. The van der Waals surface area contributed by atoms with Crippen molar-refractivity contribution in [2.45, 2.75) is 189 Å². The SMILES string of the molecule is CCCc1oc(CCCCCCCCCCC(=O)OC(COC(=O)CCCCCCCCc2oc(CCC)c(C)c2C)COP(=O)(O)OCC[N+](C)(C)C)c(C)c1C. The number of carbonyl (C=O) groups excluding carboxylic acids is 2. The summed E-state index contributed by atoms with van der Waals surface area (Å²) in [5.74, 6) is 3.68. The van der Waals surface area contributed by atoms with Crippen LogP contribution in [0.1, 0.15) is 175 Å². The zero-order valence-electron chi connectivity index (χ0n) is 38.0. The second-order valence-corrected chi connectivity index (χ2v) is 18.7. The molecule has 2 aromatic heterocycles. The number of ether oxygens (including phenoxy) is 2. The highest BCUT2D eigenvalue weighted by Gasteiger charge is 2.27. The fourth-order valence-electron chi connectivity index (χ4n) is 6.99. The minimum atomic E-state index is -4.40. The summed E-state index contributed by atoms with van der Waals surface area (Å²) in [6.45, 7) is 12.8. The molecule has 0 saturated carbocycles. The summed E-state index contributed by atoms with van der Waals surface area (Å²) < 4.78 is 46.7. The van der Waals surface area contributed by atoms with Crippen LogP contribution < -0.4 is 0 Å². The Labute approximate surface area is 351 Å². The van der Waals surface area contributed by atoms with E-state index >= 15 is 0 Å². The summed E-state index contributed by atoms with van der Waals surface area (Å²) in [6, 6.07) is 0. The van der Waals surface area contributed by atoms with Crippen LogP contribution in [0.3, 0.4) is 0 Å². The van der Waals surface area contributed by atoms with E-state index in [1.54, 1.807) is 0 Å². The van der Waals surface area contributed by atoms with Crippen LogP contribution >= 0.6 is 7.82 Å². The van der Waals surface area contributed by atoms with Crippen LogP contribution in [0.4, 0.5) is 0 Å². The second-order valence-electron chi connectivity index (χ2n) is 17.3. The number of unbranched alkanes of at least 4 members (excludes halogenated alkanes) is 12. The smallest absolute Gasteiger partial charge is 0.466 e. The molecule has 0 radical (unpaired) electrons. The number of phosphoric acid groups is 1. The standard InChI is InChI=1S/C46H80NO10P/c1-10-26-41-36(3)38(5)43(56-41)28-22-18-14-12-13-15-21-25-31-46(49)55-40(35-54-58(50,51)53-33-32-47(7,8)9)34-52-45(48)30-24-20-17-16-19-23-29-44-39(6)37(4)42(57-44)27-11-2/h40H,10-35H2,1-9H3/p+1. The van der Waals surface area contributed by atoms with E-state index in [1.165, 1.54) is 35.1 Å². The van der Waals surface area contributed by atoms with Crippen molar-refractivity contribution in [3.63, 3.8) is 0 Å². The lowest BCUT2D eigenvalue weighted by molar-refractivity contribution is -0.870. The Balaban J connectivity index is 1.67. The van der Waals surface area contributed by atoms with Crippen LogP contribution in [0, 0.1) is 27.7 Å². The van der Waals surface area contributed by atoms with Gasteiger partial charge in [-0.05, 0) is 88.5 Å². The molecule has 0 bridgehead atoms. The average Bonchev–Trinajstić information content (AvgIpc) is 3.58. The Hall–Kier alpha value is -2.43. The number of likely N-dealkylation sites (N-methyl/N-ethyl adjacent to an activating group) is 1. The van der Waals surface area contributed by atoms with E-state index in [9.17, 15) is 19.0 Å². The van der Waals surface area contributed by atoms with E-state index in [0.29, 0.717) is 23.9 Å². The van der Waals surface area contributed by atoms with Gasteiger partial charge in [-0.25, -0.2) is 4.57 Å². The van der Waals surface area contributed by atoms with Crippen molar-refractivity contribution in [2.75, 3.05) is 47.5 Å². The molecule has 2 rings (SSSR count). The number of hydrogen-bond donors (Lipinski definition) is 1. The molecule has 2 aromatic rings. The summed E-state index contributed by atoms with van der Waals surface area (Å²) in [6.07, 6.45) is 19.9. The highest BCUT2D eigenvalue weighted by Crippen LogP contribution is 2.43. The average molecular weight is 839 g/mol. The summed E-state index contributed by atoms with van der Waals surface area (Å²) in [5, 5.41) is 0. The van der Waals surface area contributed by atoms with Crippen molar-refractivity contribution in [1.82, 2.24) is 0 Å². The molecular formula is C46H81NO10P+. The van der Waals surface area contributed by atoms with Gasteiger partial charge in [-0.15, -0.1) is 0 Å². The first-order chi connectivity index (χ1) is 27.6. The van der Waals surface area contributed by atoms with E-state index in [2.05, 4.69) is 41.5 Å². The molecule has 11 nitrogen and oxygen atoms in total. The number of carbonyl (C=O) groups is 2. The van der Waals surface area contributed by atoms with Crippen LogP contribution in [0.2, 0.25) is 0 Å². The van der Waals surface area contributed by atoms with Gasteiger partial charge in [0, 0.05) is 38.5 Å². The second kappa shape index (κ2) is 28.2. The zero-order chi connectivity index (χ0) is 43.0. The molecule has 0 saturated heterocycles. The highest BCUT2D eigenvalue weighted by atomic mass is 31.2. The van der Waals surface area contributed by atoms with E-state index in [0.717, 1.165) is 126 Å². The van der Waals surface area contributed by atoms with Gasteiger partial charge in [0.05, 0.1) is 27.7 Å². The lowest BCUT2D eigenvalue weighted by Gasteiger charge is -2.24. The molecule has 12 heteroatoms. The largest absolute Gasteiger partial charge is 0.472 e. The Kier molecular flexibility index (Phi) is 25.1. The molecule has 58 heavy (non-hydrogen) atoms. The molecule has 1 N–H and O–H groups in total. The Morgan fingerprint density at radius 3 is 1.41 bits per heavy atom. The third-order valence-corrected chi connectivity index (χ3v) is 12.0. The Bertz CT molecular complexity index is 1510. The van der Waals surface area contributed by atoms with Gasteiger partial charge in [0.1, 0.15) is 42.8 Å². The molecule has 2 atom stereocenters. The number of esters is 2. The summed E-state index contributed by atoms with van der Waals surface area (Å²) in [4.78, 5) is 35.6. The predicted octanol–water partition coefficient (Wildman–Crippen LogP) is 11.3. The van der Waals surface area contributed by atoms with Gasteiger partial charge in [-0.3, -0.25) is 18.6 Å². The topological polar surface area (TPSA) is 135 Å². The first-order valence-corrected chi connectivity index (χ1v) is 24.0. The van der Waals surface area contributed by atoms with E-state index in [4.69, 9.17) is 27.4 Å². The fraction of sp³-hybridized carbons (Fsp3) is 0.783. The summed E-state index contributed by atoms with van der Waals surface area (Å²) >= 11 is 0. The quantitative estimate of drug-likeness (QED) is 0.0314. The molecule has 0 aromatic carbocycles. The molecule has 2 heterocycles. The monoisotopic (exact) mass is 839 g/mol. The van der Waals surface area contributed by atoms with Crippen molar-refractivity contribution in [2.24, 2.45) is 0 Å². The van der Waals surface area contributed by atoms with Crippen LogP contribution in [-0.4, -0.2) is 74.9 Å². The van der Waals surface area contributed by atoms with Gasteiger partial charge in [0.2, 0.25) is 0 Å². The Morgan fingerprint density at radius 1 is 0.586 bits per heavy atom. The number of nitrogens with zero attached hydrogens (tertiary/aromatic N) is 1. The summed E-state index contributed by atoms with van der Waals surface area (Å²) in [7, 11) is 1.43. The Morgan fingerprint density at radius 2 is 0.983 bits per heavy atom. The predicted molar refractivity (Wildman–Crippen MR) is 231 cm³/mol. The number of hydrogen-bond acceptors (Lipinski definition) is 9. The van der Waals surface area contributed by atoms with Crippen LogP contribution in [0.5, 0.6) is 0 Å². The van der Waals surface area contributed by atoms with E-state index in [1.807, 2.05) is 21.1 Å². The number of rotatable bonds is 34. The van der Waals surface area contributed by atoms with Crippen molar-refractivity contribution in [3.8, 4) is 0 Å². The molecule has 0 fully saturated rings. The highest BCUT2D eigenvalue weighted by molar-refractivity contribution is 7.47. The van der Waals surface area contributed by atoms with Crippen LogP contribution in [0.15, 0.2) is 8.83 Å². The molecule has 334 valence electrons. The van der Waals surface area contributed by atoms with Crippen molar-refractivity contribution >= 4 is 19.8 Å². The third kappa shape index (κ3) is 21.7. The van der Waals surface area contributed by atoms with E-state index in [-0.39, 0.29) is 26.1 Å². The van der Waals surface area contributed by atoms with Crippen LogP contribution in [-0.2, 0) is 58.4 Å². The van der Waals surface area contributed by atoms with Gasteiger partial charge in [-0.2, -0.15) is 0 Å². The molecule has 0 amide bonds. The molecular weight excluding hydrogens is 757 g/mol. The number of aryl methyl sites for hydroxylation is 4. The molecule has 0 spiro atoms. The van der Waals surface area contributed by atoms with Crippen molar-refractivity contribution in [1.29, 1.82) is 0 Å². The van der Waals surface area contributed by atoms with Gasteiger partial charge in [0.25, 0.3) is 0 Å². The summed E-state index contributed by atoms with van der Waals surface area (Å²) in [5.41, 5.74) is 5.20. The number of quaternary nitrogens is 1. The zero-order valence-corrected chi connectivity index (χ0v) is 38.9. The lowest BCUT2D eigenvalue weighted by Crippen LogP contribution is -2.37. The lowest BCUT2D eigenvalue weighted by atomic mass is 10.0. The maximum atomic E-state index is 12.8. The molecule has 0 aliphatic rings. The molecule has 2 unspecified atom stereocenters. The normalized spacial score (nSPS) is 13.5. The number of furan rings is 2. The van der Waals surface area contributed by atoms with Crippen molar-refractivity contribution in [3.05, 3.63) is 45.3 Å².